The minimum atomic E-state index is -4.14. The molecule has 2 unspecified atom stereocenters. The predicted molar refractivity (Wildman–Crippen MR) is 104 cm³/mol. The lowest BCUT2D eigenvalue weighted by Crippen LogP contribution is -2.47. The van der Waals surface area contributed by atoms with Gasteiger partial charge in [-0.1, -0.05) is 6.42 Å². The molecule has 1 saturated carbocycles. The van der Waals surface area contributed by atoms with Gasteiger partial charge in [0.1, 0.15) is 0 Å². The topological polar surface area (TPSA) is 65.5 Å². The van der Waals surface area contributed by atoms with Crippen LogP contribution >= 0.6 is 24.0 Å². The molecule has 0 aromatic heterocycles. The summed E-state index contributed by atoms with van der Waals surface area (Å²) in [5, 5.41) is 8.73. The second kappa shape index (κ2) is 10.4. The quantitative estimate of drug-likeness (QED) is 0.324. The van der Waals surface area contributed by atoms with Crippen LogP contribution < -0.4 is 16.0 Å². The van der Waals surface area contributed by atoms with Crippen LogP contribution in [0.2, 0.25) is 0 Å². The van der Waals surface area contributed by atoms with Gasteiger partial charge in [-0.05, 0) is 40.0 Å². The molecule has 1 rings (SSSR count). The summed E-state index contributed by atoms with van der Waals surface area (Å²) in [6, 6.07) is -0.258. The molecule has 3 N–H and O–H groups in total. The molecule has 2 atom stereocenters. The lowest BCUT2D eigenvalue weighted by atomic mass is 9.85. The third kappa shape index (κ3) is 8.00. The molecule has 148 valence electrons. The fourth-order valence-electron chi connectivity index (χ4n) is 2.82. The number of carbonyl (C=O) groups is 1. The highest BCUT2D eigenvalue weighted by atomic mass is 127. The van der Waals surface area contributed by atoms with Gasteiger partial charge in [0, 0.05) is 19.6 Å². The van der Waals surface area contributed by atoms with E-state index in [9.17, 15) is 18.0 Å². The molecule has 1 aliphatic rings. The number of guanidine groups is 1. The summed E-state index contributed by atoms with van der Waals surface area (Å²) in [6.45, 7) is 6.29. The number of carbonyl (C=O) groups excluding carboxylic acids is 1. The van der Waals surface area contributed by atoms with E-state index >= 15 is 0 Å². The normalized spacial score (nSPS) is 22.0. The maximum atomic E-state index is 12.9. The predicted octanol–water partition coefficient (Wildman–Crippen LogP) is 3.05. The van der Waals surface area contributed by atoms with E-state index in [-0.39, 0.29) is 55.3 Å². The highest BCUT2D eigenvalue weighted by Crippen LogP contribution is 2.37. The number of alkyl halides is 3. The van der Waals surface area contributed by atoms with Crippen molar-refractivity contribution >= 4 is 35.8 Å². The molecule has 0 spiro atoms. The first kappa shape index (κ1) is 24.3. The zero-order chi connectivity index (χ0) is 18.4. The Kier molecular flexibility index (Phi) is 10.1. The number of nitrogens with zero attached hydrogens (tertiary/aromatic N) is 1. The number of nitrogens with one attached hydrogen (secondary N) is 3. The number of halogens is 4. The summed E-state index contributed by atoms with van der Waals surface area (Å²) in [5.74, 6) is -0.923. The van der Waals surface area contributed by atoms with Crippen LogP contribution in [0.1, 0.15) is 46.5 Å². The van der Waals surface area contributed by atoms with Gasteiger partial charge in [0.25, 0.3) is 0 Å². The molecular weight excluding hydrogens is 448 g/mol. The van der Waals surface area contributed by atoms with Crippen molar-refractivity contribution in [2.75, 3.05) is 20.1 Å². The van der Waals surface area contributed by atoms with Gasteiger partial charge in [-0.3, -0.25) is 9.79 Å². The summed E-state index contributed by atoms with van der Waals surface area (Å²) in [6.07, 6.45) is -2.65. The first-order valence-corrected chi connectivity index (χ1v) is 8.44. The van der Waals surface area contributed by atoms with Gasteiger partial charge in [-0.15, -0.1) is 24.0 Å². The van der Waals surface area contributed by atoms with Crippen molar-refractivity contribution in [1.82, 2.24) is 16.0 Å². The summed E-state index contributed by atoms with van der Waals surface area (Å²) >= 11 is 0. The third-order valence-electron chi connectivity index (χ3n) is 4.30. The van der Waals surface area contributed by atoms with Crippen LogP contribution in [-0.2, 0) is 4.79 Å². The van der Waals surface area contributed by atoms with E-state index in [4.69, 9.17) is 0 Å². The zero-order valence-corrected chi connectivity index (χ0v) is 17.6. The van der Waals surface area contributed by atoms with Crippen molar-refractivity contribution in [2.45, 2.75) is 58.7 Å². The largest absolute Gasteiger partial charge is 0.391 e. The van der Waals surface area contributed by atoms with Crippen LogP contribution in [0.3, 0.4) is 0 Å². The van der Waals surface area contributed by atoms with E-state index < -0.39 is 17.5 Å². The number of amides is 1. The first-order chi connectivity index (χ1) is 11.1. The molecule has 1 aliphatic carbocycles. The maximum absolute atomic E-state index is 12.9. The second-order valence-electron chi connectivity index (χ2n) is 6.90. The molecule has 0 aliphatic heterocycles. The molecular formula is C16H30F3IN4O. The number of aliphatic imine (C=N–C) groups is 1. The highest BCUT2D eigenvalue weighted by Gasteiger charge is 2.42. The molecule has 0 bridgehead atoms. The maximum Gasteiger partial charge on any atom is 0.391 e. The second-order valence-corrected chi connectivity index (χ2v) is 6.90. The first-order valence-electron chi connectivity index (χ1n) is 8.44. The SMILES string of the molecule is CCNC(=NCC(C)(C)C(=O)NC)NC1CCCC(C(F)(F)F)C1.I. The van der Waals surface area contributed by atoms with Gasteiger partial charge in [0.05, 0.1) is 17.9 Å². The van der Waals surface area contributed by atoms with Crippen molar-refractivity contribution in [3.63, 3.8) is 0 Å². The van der Waals surface area contributed by atoms with Gasteiger partial charge in [-0.25, -0.2) is 0 Å². The molecule has 0 radical (unpaired) electrons. The highest BCUT2D eigenvalue weighted by molar-refractivity contribution is 14.0. The minimum absolute atomic E-state index is 0. The Morgan fingerprint density at radius 2 is 1.88 bits per heavy atom. The van der Waals surface area contributed by atoms with Crippen LogP contribution in [0.4, 0.5) is 13.2 Å². The Bertz CT molecular complexity index is 455. The Hall–Kier alpha value is -0.740. The average molecular weight is 478 g/mol. The Morgan fingerprint density at radius 3 is 2.40 bits per heavy atom. The van der Waals surface area contributed by atoms with E-state index in [1.165, 1.54) is 0 Å². The summed E-state index contributed by atoms with van der Waals surface area (Å²) in [7, 11) is 1.57. The summed E-state index contributed by atoms with van der Waals surface area (Å²) in [4.78, 5) is 16.2. The molecule has 25 heavy (non-hydrogen) atoms. The fraction of sp³-hybridized carbons (Fsp3) is 0.875. The van der Waals surface area contributed by atoms with E-state index in [0.717, 1.165) is 0 Å². The van der Waals surface area contributed by atoms with Gasteiger partial charge < -0.3 is 16.0 Å². The molecule has 1 amide bonds. The summed E-state index contributed by atoms with van der Waals surface area (Å²) < 4.78 is 38.7. The number of hydrogen-bond acceptors (Lipinski definition) is 2. The number of rotatable bonds is 5. The van der Waals surface area contributed by atoms with Crippen molar-refractivity contribution in [2.24, 2.45) is 16.3 Å². The van der Waals surface area contributed by atoms with Gasteiger partial charge in [0.15, 0.2) is 5.96 Å². The molecule has 5 nitrogen and oxygen atoms in total. The summed E-state index contributed by atoms with van der Waals surface area (Å²) in [5.41, 5.74) is -0.682. The monoisotopic (exact) mass is 478 g/mol. The van der Waals surface area contributed by atoms with Crippen molar-refractivity contribution in [3.05, 3.63) is 0 Å². The molecule has 0 saturated heterocycles. The standard InChI is InChI=1S/C16H29F3N4O.HI/c1-5-21-14(22-10-15(2,3)13(24)20-4)23-12-8-6-7-11(9-12)16(17,18)19;/h11-12H,5-10H2,1-4H3,(H,20,24)(H2,21,22,23);1H. The Labute approximate surface area is 165 Å². The molecule has 9 heteroatoms. The van der Waals surface area contributed by atoms with Crippen molar-refractivity contribution < 1.29 is 18.0 Å². The lowest BCUT2D eigenvalue weighted by molar-refractivity contribution is -0.183. The van der Waals surface area contributed by atoms with Crippen LogP contribution in [-0.4, -0.2) is 44.2 Å². The smallest absolute Gasteiger partial charge is 0.359 e. The Balaban J connectivity index is 0.00000576. The zero-order valence-electron chi connectivity index (χ0n) is 15.3. The van der Waals surface area contributed by atoms with E-state index in [1.54, 1.807) is 20.9 Å². The van der Waals surface area contributed by atoms with Crippen LogP contribution in [0, 0.1) is 11.3 Å². The van der Waals surface area contributed by atoms with Gasteiger partial charge >= 0.3 is 6.18 Å². The van der Waals surface area contributed by atoms with E-state index in [1.807, 2.05) is 6.92 Å². The van der Waals surface area contributed by atoms with E-state index in [0.29, 0.717) is 25.3 Å². The van der Waals surface area contributed by atoms with Crippen LogP contribution in [0.25, 0.3) is 0 Å². The fourth-order valence-corrected chi connectivity index (χ4v) is 2.82. The van der Waals surface area contributed by atoms with Crippen molar-refractivity contribution in [3.8, 4) is 0 Å². The lowest BCUT2D eigenvalue weighted by Gasteiger charge is -2.32. The van der Waals surface area contributed by atoms with E-state index in [2.05, 4.69) is 20.9 Å². The van der Waals surface area contributed by atoms with Gasteiger partial charge in [0.2, 0.25) is 5.91 Å². The molecule has 0 aromatic rings. The molecule has 0 heterocycles. The number of hydrogen-bond donors (Lipinski definition) is 3. The third-order valence-corrected chi connectivity index (χ3v) is 4.30. The van der Waals surface area contributed by atoms with Gasteiger partial charge in [-0.2, -0.15) is 13.2 Å². The Morgan fingerprint density at radius 1 is 1.24 bits per heavy atom. The van der Waals surface area contributed by atoms with Crippen LogP contribution in [0.5, 0.6) is 0 Å². The van der Waals surface area contributed by atoms with Crippen LogP contribution in [0.15, 0.2) is 4.99 Å². The van der Waals surface area contributed by atoms with Crippen molar-refractivity contribution in [1.29, 1.82) is 0 Å². The average Bonchev–Trinajstić information content (AvgIpc) is 2.51. The molecule has 1 fully saturated rings. The minimum Gasteiger partial charge on any atom is -0.359 e. The molecule has 0 aromatic carbocycles.